The first-order chi connectivity index (χ1) is 12.4. The zero-order chi connectivity index (χ0) is 18.6. The van der Waals surface area contributed by atoms with Crippen LogP contribution in [-0.4, -0.2) is 17.3 Å². The van der Waals surface area contributed by atoms with E-state index in [1.807, 2.05) is 12.1 Å². The van der Waals surface area contributed by atoms with Gasteiger partial charge in [-0.3, -0.25) is 10.1 Å². The second-order valence-corrected chi connectivity index (χ2v) is 7.52. The van der Waals surface area contributed by atoms with Gasteiger partial charge in [-0.1, -0.05) is 30.1 Å². The Balaban J connectivity index is 1.69. The van der Waals surface area contributed by atoms with Crippen LogP contribution in [0.5, 0.6) is 11.5 Å². The molecule has 0 radical (unpaired) electrons. The van der Waals surface area contributed by atoms with Gasteiger partial charge >= 0.3 is 0 Å². The molecule has 0 saturated heterocycles. The molecule has 3 atom stereocenters. The molecule has 1 spiro atoms. The first-order valence-corrected chi connectivity index (χ1v) is 8.80. The Kier molecular flexibility index (Phi) is 3.86. The average Bonchev–Trinajstić information content (AvgIpc) is 3.16. The van der Waals surface area contributed by atoms with Crippen molar-refractivity contribution in [1.29, 1.82) is 0 Å². The number of ether oxygens (including phenoxy) is 1. The van der Waals surface area contributed by atoms with E-state index in [4.69, 9.17) is 27.9 Å². The van der Waals surface area contributed by atoms with Gasteiger partial charge in [-0.05, 0) is 36.1 Å². The van der Waals surface area contributed by atoms with Crippen LogP contribution in [0.15, 0.2) is 30.3 Å². The van der Waals surface area contributed by atoms with Crippen LogP contribution in [0, 0.1) is 16.0 Å². The lowest BCUT2D eigenvalue weighted by Crippen LogP contribution is -2.29. The van der Waals surface area contributed by atoms with E-state index in [0.29, 0.717) is 11.7 Å². The van der Waals surface area contributed by atoms with Gasteiger partial charge in [-0.25, -0.2) is 0 Å². The SMILES string of the molecule is CC1CC12c1cc(Oc3c(Cl)cc([N+](=O)[O-])cc3Cl)ccc1NC2C=O. The summed E-state index contributed by atoms with van der Waals surface area (Å²) in [5, 5.41) is 14.3. The fourth-order valence-corrected chi connectivity index (χ4v) is 4.39. The van der Waals surface area contributed by atoms with Crippen molar-refractivity contribution in [1.82, 2.24) is 0 Å². The maximum absolute atomic E-state index is 11.4. The first-order valence-electron chi connectivity index (χ1n) is 8.04. The normalized spacial score (nSPS) is 25.5. The second-order valence-electron chi connectivity index (χ2n) is 6.71. The molecule has 2 aliphatic rings. The number of non-ortho nitro benzene ring substituents is 1. The number of aldehydes is 1. The Morgan fingerprint density at radius 2 is 1.96 bits per heavy atom. The van der Waals surface area contributed by atoms with Crippen molar-refractivity contribution in [3.8, 4) is 11.5 Å². The fraction of sp³-hybridized carbons (Fsp3) is 0.278. The number of nitrogens with one attached hydrogen (secondary N) is 1. The molecule has 6 nitrogen and oxygen atoms in total. The molecule has 2 aromatic carbocycles. The number of nitro groups is 1. The van der Waals surface area contributed by atoms with E-state index in [1.54, 1.807) is 6.07 Å². The Bertz CT molecular complexity index is 926. The van der Waals surface area contributed by atoms with E-state index >= 15 is 0 Å². The smallest absolute Gasteiger partial charge is 0.272 e. The minimum atomic E-state index is -0.569. The zero-order valence-corrected chi connectivity index (χ0v) is 15.2. The molecule has 26 heavy (non-hydrogen) atoms. The molecule has 3 unspecified atom stereocenters. The number of nitrogens with zero attached hydrogens (tertiary/aromatic N) is 1. The lowest BCUT2D eigenvalue weighted by Gasteiger charge is -2.15. The minimum Gasteiger partial charge on any atom is -0.454 e. The van der Waals surface area contributed by atoms with Crippen molar-refractivity contribution in [2.75, 3.05) is 5.32 Å². The maximum Gasteiger partial charge on any atom is 0.272 e. The number of halogens is 2. The topological polar surface area (TPSA) is 81.5 Å². The van der Waals surface area contributed by atoms with E-state index in [2.05, 4.69) is 12.2 Å². The van der Waals surface area contributed by atoms with Crippen LogP contribution < -0.4 is 10.1 Å². The number of anilines is 1. The Hall–Kier alpha value is -2.31. The third-order valence-corrected chi connectivity index (χ3v) is 5.83. The van der Waals surface area contributed by atoms with Crippen LogP contribution in [0.3, 0.4) is 0 Å². The average molecular weight is 393 g/mol. The van der Waals surface area contributed by atoms with Crippen molar-refractivity contribution < 1.29 is 14.5 Å². The summed E-state index contributed by atoms with van der Waals surface area (Å²) in [6.45, 7) is 2.12. The Morgan fingerprint density at radius 3 is 2.50 bits per heavy atom. The summed E-state index contributed by atoms with van der Waals surface area (Å²) in [5.74, 6) is 1.07. The number of carbonyl (C=O) groups is 1. The molecule has 134 valence electrons. The number of hydrogen-bond acceptors (Lipinski definition) is 5. The molecule has 2 aromatic rings. The molecule has 1 N–H and O–H groups in total. The summed E-state index contributed by atoms with van der Waals surface area (Å²) in [4.78, 5) is 21.8. The summed E-state index contributed by atoms with van der Waals surface area (Å²) in [5.41, 5.74) is 1.55. The van der Waals surface area contributed by atoms with Crippen LogP contribution in [0.25, 0.3) is 0 Å². The van der Waals surface area contributed by atoms with E-state index in [0.717, 1.165) is 24.0 Å². The van der Waals surface area contributed by atoms with E-state index < -0.39 is 4.92 Å². The Labute approximate surface area is 159 Å². The molecular weight excluding hydrogens is 379 g/mol. The molecule has 1 aliphatic heterocycles. The number of benzene rings is 2. The Morgan fingerprint density at radius 1 is 1.31 bits per heavy atom. The molecule has 8 heteroatoms. The predicted molar refractivity (Wildman–Crippen MR) is 98.6 cm³/mol. The third-order valence-electron chi connectivity index (χ3n) is 5.27. The molecule has 4 rings (SSSR count). The molecule has 0 aromatic heterocycles. The van der Waals surface area contributed by atoms with Crippen LogP contribution in [0.1, 0.15) is 18.9 Å². The van der Waals surface area contributed by atoms with Gasteiger partial charge in [0.25, 0.3) is 5.69 Å². The summed E-state index contributed by atoms with van der Waals surface area (Å²) < 4.78 is 5.82. The third kappa shape index (κ3) is 2.44. The molecule has 0 bridgehead atoms. The van der Waals surface area contributed by atoms with Crippen LogP contribution in [-0.2, 0) is 10.2 Å². The van der Waals surface area contributed by atoms with Gasteiger partial charge in [0.05, 0.1) is 21.0 Å². The summed E-state index contributed by atoms with van der Waals surface area (Å²) in [6.07, 6.45) is 1.88. The second kappa shape index (κ2) is 5.86. The number of fused-ring (bicyclic) bond motifs is 2. The van der Waals surface area contributed by atoms with Gasteiger partial charge in [0.1, 0.15) is 12.0 Å². The van der Waals surface area contributed by atoms with Crippen molar-refractivity contribution in [3.05, 3.63) is 56.1 Å². The van der Waals surface area contributed by atoms with Gasteiger partial charge in [0.15, 0.2) is 5.75 Å². The number of carbonyl (C=O) groups excluding carboxylic acids is 1. The van der Waals surface area contributed by atoms with E-state index in [1.165, 1.54) is 12.1 Å². The highest BCUT2D eigenvalue weighted by molar-refractivity contribution is 6.37. The number of hydrogen-bond donors (Lipinski definition) is 1. The van der Waals surface area contributed by atoms with Crippen LogP contribution >= 0.6 is 23.2 Å². The molecule has 1 fully saturated rings. The van der Waals surface area contributed by atoms with Crippen LogP contribution in [0.2, 0.25) is 10.0 Å². The van der Waals surface area contributed by atoms with Crippen molar-refractivity contribution in [3.63, 3.8) is 0 Å². The highest BCUT2D eigenvalue weighted by Crippen LogP contribution is 2.62. The van der Waals surface area contributed by atoms with Gasteiger partial charge in [0, 0.05) is 23.2 Å². The first kappa shape index (κ1) is 17.1. The minimum absolute atomic E-state index is 0.0584. The maximum atomic E-state index is 11.4. The number of rotatable bonds is 4. The van der Waals surface area contributed by atoms with Crippen molar-refractivity contribution in [2.24, 2.45) is 5.92 Å². The standard InChI is InChI=1S/C18H14Cl2N2O4/c1-9-7-18(9)12-6-11(2-3-15(12)21-16(18)8-23)26-17-13(19)4-10(22(24)25)5-14(17)20/h2-6,8-9,16,21H,7H2,1H3. The van der Waals surface area contributed by atoms with Crippen LogP contribution in [0.4, 0.5) is 11.4 Å². The van der Waals surface area contributed by atoms with Crippen molar-refractivity contribution >= 4 is 40.9 Å². The van der Waals surface area contributed by atoms with Gasteiger partial charge in [-0.15, -0.1) is 0 Å². The lowest BCUT2D eigenvalue weighted by atomic mass is 9.90. The highest BCUT2D eigenvalue weighted by Gasteiger charge is 2.61. The molecular formula is C18H14Cl2N2O4. The summed E-state index contributed by atoms with van der Waals surface area (Å²) >= 11 is 12.2. The lowest BCUT2D eigenvalue weighted by molar-refractivity contribution is -0.384. The monoisotopic (exact) mass is 392 g/mol. The molecule has 1 aliphatic carbocycles. The fourth-order valence-electron chi connectivity index (χ4n) is 3.84. The number of nitro benzene ring substituents is 1. The van der Waals surface area contributed by atoms with E-state index in [-0.39, 0.29) is 32.9 Å². The molecule has 1 saturated carbocycles. The summed E-state index contributed by atoms with van der Waals surface area (Å²) in [7, 11) is 0. The van der Waals surface area contributed by atoms with Crippen molar-refractivity contribution in [2.45, 2.75) is 24.8 Å². The largest absolute Gasteiger partial charge is 0.454 e. The molecule has 0 amide bonds. The quantitative estimate of drug-likeness (QED) is 0.451. The zero-order valence-electron chi connectivity index (χ0n) is 13.7. The van der Waals surface area contributed by atoms with Gasteiger partial charge < -0.3 is 14.8 Å². The van der Waals surface area contributed by atoms with E-state index in [9.17, 15) is 14.9 Å². The van der Waals surface area contributed by atoms with Gasteiger partial charge in [-0.2, -0.15) is 0 Å². The highest BCUT2D eigenvalue weighted by atomic mass is 35.5. The predicted octanol–water partition coefficient (Wildman–Crippen LogP) is 4.96. The molecule has 1 heterocycles. The van der Waals surface area contributed by atoms with Gasteiger partial charge in [0.2, 0.25) is 0 Å². The summed E-state index contributed by atoms with van der Waals surface area (Å²) in [6, 6.07) is 7.63.